The lowest BCUT2D eigenvalue weighted by Crippen LogP contribution is -2.48. The molecule has 116 valence electrons. The number of hydrogen-bond acceptors (Lipinski definition) is 4. The van der Waals surface area contributed by atoms with Crippen molar-refractivity contribution < 1.29 is 4.79 Å². The zero-order valence-corrected chi connectivity index (χ0v) is 13.5. The van der Waals surface area contributed by atoms with Crippen LogP contribution in [-0.2, 0) is 11.3 Å². The zero-order valence-electron chi connectivity index (χ0n) is 12.7. The Bertz CT molecular complexity index is 434. The highest BCUT2D eigenvalue weighted by Crippen LogP contribution is 2.28. The van der Waals surface area contributed by atoms with Gasteiger partial charge in [0.05, 0.1) is 11.2 Å². The first-order valence-electron chi connectivity index (χ1n) is 8.18. The summed E-state index contributed by atoms with van der Waals surface area (Å²) in [4.78, 5) is 21.1. The first-order valence-corrected chi connectivity index (χ1v) is 9.13. The number of hydrogen-bond donors (Lipinski definition) is 0. The molecule has 3 rings (SSSR count). The molecule has 21 heavy (non-hydrogen) atoms. The van der Waals surface area contributed by atoms with E-state index in [-0.39, 0.29) is 0 Å². The van der Waals surface area contributed by atoms with Gasteiger partial charge in [-0.05, 0) is 12.3 Å². The van der Waals surface area contributed by atoms with Crippen LogP contribution in [0.5, 0.6) is 0 Å². The van der Waals surface area contributed by atoms with Crippen molar-refractivity contribution in [1.82, 2.24) is 14.8 Å². The second-order valence-electron chi connectivity index (χ2n) is 6.33. The highest BCUT2D eigenvalue weighted by molar-refractivity contribution is 7.07. The topological polar surface area (TPSA) is 36.4 Å². The van der Waals surface area contributed by atoms with Crippen LogP contribution in [0.15, 0.2) is 10.9 Å². The minimum absolute atomic E-state index is 0.371. The van der Waals surface area contributed by atoms with Crippen LogP contribution in [0.4, 0.5) is 0 Å². The van der Waals surface area contributed by atoms with Crippen LogP contribution in [-0.4, -0.2) is 46.9 Å². The molecule has 0 atom stereocenters. The molecule has 0 aromatic carbocycles. The molecule has 1 saturated heterocycles. The maximum Gasteiger partial charge on any atom is 0.222 e. The van der Waals surface area contributed by atoms with E-state index in [0.717, 1.165) is 57.2 Å². The number of rotatable bonds is 5. The van der Waals surface area contributed by atoms with Crippen LogP contribution in [0, 0.1) is 5.92 Å². The van der Waals surface area contributed by atoms with Gasteiger partial charge in [-0.15, -0.1) is 11.3 Å². The Morgan fingerprint density at radius 3 is 2.67 bits per heavy atom. The number of piperazine rings is 1. The van der Waals surface area contributed by atoms with E-state index >= 15 is 0 Å². The molecule has 4 nitrogen and oxygen atoms in total. The molecule has 1 aliphatic heterocycles. The lowest BCUT2D eigenvalue weighted by atomic mass is 10.0. The summed E-state index contributed by atoms with van der Waals surface area (Å²) < 4.78 is 0. The molecule has 2 fully saturated rings. The molecule has 2 aliphatic rings. The van der Waals surface area contributed by atoms with Crippen LogP contribution in [0.1, 0.15) is 44.2 Å². The van der Waals surface area contributed by atoms with Gasteiger partial charge in [-0.2, -0.15) is 0 Å². The first kappa shape index (κ1) is 15.0. The smallest absolute Gasteiger partial charge is 0.222 e. The van der Waals surface area contributed by atoms with Gasteiger partial charge in [0.25, 0.3) is 0 Å². The summed E-state index contributed by atoms with van der Waals surface area (Å²) >= 11 is 1.65. The van der Waals surface area contributed by atoms with Gasteiger partial charge in [-0.3, -0.25) is 9.69 Å². The first-order chi connectivity index (χ1) is 10.3. The number of thiazole rings is 1. The fraction of sp³-hybridized carbons (Fsp3) is 0.750. The predicted molar refractivity (Wildman–Crippen MR) is 85.2 cm³/mol. The molecule has 1 aliphatic carbocycles. The van der Waals surface area contributed by atoms with Crippen molar-refractivity contribution in [3.63, 3.8) is 0 Å². The Kier molecular flexibility index (Phi) is 5.25. The standard InChI is InChI=1S/C16H25N3OS/c20-16(6-5-14-3-1-2-4-14)19-9-7-18(8-10-19)11-15-12-21-13-17-15/h12-14H,1-11H2. The van der Waals surface area contributed by atoms with Crippen molar-refractivity contribution in [3.8, 4) is 0 Å². The third-order valence-corrected chi connectivity index (χ3v) is 5.47. The van der Waals surface area contributed by atoms with Gasteiger partial charge < -0.3 is 4.90 Å². The fourth-order valence-electron chi connectivity index (χ4n) is 3.48. The largest absolute Gasteiger partial charge is 0.340 e. The summed E-state index contributed by atoms with van der Waals surface area (Å²) in [6.45, 7) is 4.65. The number of carbonyl (C=O) groups is 1. The van der Waals surface area contributed by atoms with E-state index in [1.165, 1.54) is 25.7 Å². The third kappa shape index (κ3) is 4.27. The van der Waals surface area contributed by atoms with Crippen molar-refractivity contribution >= 4 is 17.2 Å². The molecule has 1 amide bonds. The van der Waals surface area contributed by atoms with E-state index in [9.17, 15) is 4.79 Å². The average molecular weight is 307 g/mol. The SMILES string of the molecule is O=C(CCC1CCCC1)N1CCN(Cc2cscn2)CC1. The van der Waals surface area contributed by atoms with Gasteiger partial charge in [0.2, 0.25) is 5.91 Å². The quantitative estimate of drug-likeness (QED) is 0.839. The highest BCUT2D eigenvalue weighted by Gasteiger charge is 2.23. The Labute approximate surface area is 131 Å². The second kappa shape index (κ2) is 7.36. The highest BCUT2D eigenvalue weighted by atomic mass is 32.1. The van der Waals surface area contributed by atoms with Gasteiger partial charge >= 0.3 is 0 Å². The van der Waals surface area contributed by atoms with Crippen molar-refractivity contribution in [2.24, 2.45) is 5.92 Å². The van der Waals surface area contributed by atoms with E-state index in [0.29, 0.717) is 5.91 Å². The lowest BCUT2D eigenvalue weighted by Gasteiger charge is -2.34. The Morgan fingerprint density at radius 1 is 1.24 bits per heavy atom. The van der Waals surface area contributed by atoms with Crippen molar-refractivity contribution in [1.29, 1.82) is 0 Å². The van der Waals surface area contributed by atoms with Gasteiger partial charge in [0, 0.05) is 44.5 Å². The molecule has 1 saturated carbocycles. The van der Waals surface area contributed by atoms with Crippen LogP contribution in [0.2, 0.25) is 0 Å². The van der Waals surface area contributed by atoms with Crippen LogP contribution < -0.4 is 0 Å². The van der Waals surface area contributed by atoms with E-state index in [2.05, 4.69) is 20.2 Å². The summed E-state index contributed by atoms with van der Waals surface area (Å²) in [5.41, 5.74) is 3.04. The molecule has 0 spiro atoms. The molecule has 5 heteroatoms. The third-order valence-electron chi connectivity index (χ3n) is 4.84. The average Bonchev–Trinajstić information content (AvgIpc) is 3.19. The molecular weight excluding hydrogens is 282 g/mol. The normalized spacial score (nSPS) is 21.0. The second-order valence-corrected chi connectivity index (χ2v) is 7.04. The molecule has 1 aromatic rings. The van der Waals surface area contributed by atoms with Gasteiger partial charge in [0.1, 0.15) is 0 Å². The number of aromatic nitrogens is 1. The summed E-state index contributed by atoms with van der Waals surface area (Å²) in [6, 6.07) is 0. The maximum atomic E-state index is 12.3. The summed E-state index contributed by atoms with van der Waals surface area (Å²) in [6.07, 6.45) is 7.29. The Morgan fingerprint density at radius 2 is 2.00 bits per heavy atom. The molecule has 2 heterocycles. The summed E-state index contributed by atoms with van der Waals surface area (Å²) in [7, 11) is 0. The van der Waals surface area contributed by atoms with Gasteiger partial charge in [-0.1, -0.05) is 25.7 Å². The van der Waals surface area contributed by atoms with Crippen molar-refractivity contribution in [2.45, 2.75) is 45.1 Å². The minimum atomic E-state index is 0.371. The molecule has 0 radical (unpaired) electrons. The van der Waals surface area contributed by atoms with Gasteiger partial charge in [0.15, 0.2) is 0 Å². The van der Waals surface area contributed by atoms with Crippen LogP contribution >= 0.6 is 11.3 Å². The Hall–Kier alpha value is -0.940. The summed E-state index contributed by atoms with van der Waals surface area (Å²) in [5.74, 6) is 1.19. The number of nitrogens with zero attached hydrogens (tertiary/aromatic N) is 3. The van der Waals surface area contributed by atoms with E-state index < -0.39 is 0 Å². The fourth-order valence-corrected chi connectivity index (χ4v) is 4.03. The van der Waals surface area contributed by atoms with E-state index in [1.54, 1.807) is 11.3 Å². The summed E-state index contributed by atoms with van der Waals surface area (Å²) in [5, 5.41) is 2.11. The van der Waals surface area contributed by atoms with E-state index in [4.69, 9.17) is 0 Å². The predicted octanol–water partition coefficient (Wildman–Crippen LogP) is 2.76. The molecule has 0 bridgehead atoms. The van der Waals surface area contributed by atoms with E-state index in [1.807, 2.05) is 5.51 Å². The molecule has 0 N–H and O–H groups in total. The maximum absolute atomic E-state index is 12.3. The zero-order chi connectivity index (χ0) is 14.5. The Balaban J connectivity index is 1.37. The molecule has 0 unspecified atom stereocenters. The monoisotopic (exact) mass is 307 g/mol. The van der Waals surface area contributed by atoms with Gasteiger partial charge in [-0.25, -0.2) is 4.98 Å². The number of amides is 1. The van der Waals surface area contributed by atoms with Crippen LogP contribution in [0.3, 0.4) is 0 Å². The van der Waals surface area contributed by atoms with Crippen molar-refractivity contribution in [2.75, 3.05) is 26.2 Å². The lowest BCUT2D eigenvalue weighted by molar-refractivity contribution is -0.133. The van der Waals surface area contributed by atoms with Crippen LogP contribution in [0.25, 0.3) is 0 Å². The molecule has 1 aromatic heterocycles. The molecular formula is C16H25N3OS. The number of carbonyl (C=O) groups excluding carboxylic acids is 1. The van der Waals surface area contributed by atoms with Crippen molar-refractivity contribution in [3.05, 3.63) is 16.6 Å². The minimum Gasteiger partial charge on any atom is -0.340 e.